The Morgan fingerprint density at radius 2 is 2.10 bits per heavy atom. The van der Waals surface area contributed by atoms with Crippen molar-refractivity contribution in [3.8, 4) is 6.07 Å². The van der Waals surface area contributed by atoms with Crippen molar-refractivity contribution < 1.29 is 13.2 Å². The second kappa shape index (κ2) is 5.61. The molecule has 20 heavy (non-hydrogen) atoms. The fourth-order valence-electron chi connectivity index (χ4n) is 2.46. The van der Waals surface area contributed by atoms with E-state index in [9.17, 15) is 13.2 Å². The molecular formula is C13H15N3O3S. The van der Waals surface area contributed by atoms with Gasteiger partial charge in [-0.25, -0.2) is 13.6 Å². The van der Waals surface area contributed by atoms with Gasteiger partial charge in [0.15, 0.2) is 0 Å². The van der Waals surface area contributed by atoms with E-state index in [1.54, 1.807) is 29.2 Å². The number of carbonyl (C=O) groups is 1. The van der Waals surface area contributed by atoms with Crippen molar-refractivity contribution in [1.82, 2.24) is 0 Å². The van der Waals surface area contributed by atoms with E-state index < -0.39 is 10.0 Å². The summed E-state index contributed by atoms with van der Waals surface area (Å²) in [6.07, 6.45) is 0.372. The lowest BCUT2D eigenvalue weighted by molar-refractivity contribution is -0.117. The van der Waals surface area contributed by atoms with Gasteiger partial charge in [0.05, 0.1) is 18.2 Å². The molecule has 1 aliphatic rings. The van der Waals surface area contributed by atoms with Crippen LogP contribution in [-0.2, 0) is 21.2 Å². The first-order valence-electron chi connectivity index (χ1n) is 6.16. The number of primary sulfonamides is 1. The van der Waals surface area contributed by atoms with Gasteiger partial charge in [-0.15, -0.1) is 0 Å². The Morgan fingerprint density at radius 1 is 1.40 bits per heavy atom. The lowest BCUT2D eigenvalue weighted by atomic mass is 10.1. The number of anilines is 1. The Hall–Kier alpha value is -1.91. The Kier molecular flexibility index (Phi) is 4.06. The summed E-state index contributed by atoms with van der Waals surface area (Å²) >= 11 is 0. The zero-order valence-electron chi connectivity index (χ0n) is 10.8. The van der Waals surface area contributed by atoms with Crippen molar-refractivity contribution in [2.75, 3.05) is 17.2 Å². The molecule has 2 rings (SSSR count). The van der Waals surface area contributed by atoms with Crippen LogP contribution in [0.15, 0.2) is 24.3 Å². The number of hydrogen-bond acceptors (Lipinski definition) is 4. The molecule has 1 aliphatic heterocycles. The summed E-state index contributed by atoms with van der Waals surface area (Å²) in [4.78, 5) is 13.6. The first-order chi connectivity index (χ1) is 9.40. The molecule has 1 heterocycles. The van der Waals surface area contributed by atoms with E-state index in [0.29, 0.717) is 12.2 Å². The van der Waals surface area contributed by atoms with Crippen LogP contribution in [0.1, 0.15) is 12.0 Å². The molecule has 2 N–H and O–H groups in total. The summed E-state index contributed by atoms with van der Waals surface area (Å²) in [6.45, 7) is 0.317. The molecule has 0 saturated carbocycles. The molecule has 106 valence electrons. The molecule has 1 unspecified atom stereocenters. The highest BCUT2D eigenvalue weighted by atomic mass is 32.2. The van der Waals surface area contributed by atoms with Crippen molar-refractivity contribution in [2.24, 2.45) is 11.1 Å². The lowest BCUT2D eigenvalue weighted by Gasteiger charge is -2.19. The molecule has 0 radical (unpaired) electrons. The van der Waals surface area contributed by atoms with Crippen molar-refractivity contribution in [1.29, 1.82) is 5.26 Å². The Labute approximate surface area is 117 Å². The highest BCUT2D eigenvalue weighted by Crippen LogP contribution is 2.28. The highest BCUT2D eigenvalue weighted by molar-refractivity contribution is 7.89. The smallest absolute Gasteiger partial charge is 0.227 e. The van der Waals surface area contributed by atoms with E-state index in [0.717, 1.165) is 5.56 Å². The second-order valence-electron chi connectivity index (χ2n) is 4.87. The van der Waals surface area contributed by atoms with Gasteiger partial charge in [-0.2, -0.15) is 5.26 Å². The minimum atomic E-state index is -3.59. The van der Waals surface area contributed by atoms with Crippen molar-refractivity contribution in [2.45, 2.75) is 12.8 Å². The summed E-state index contributed by atoms with van der Waals surface area (Å²) < 4.78 is 22.2. The first kappa shape index (κ1) is 14.5. The number of rotatable bonds is 4. The molecule has 0 bridgehead atoms. The molecule has 0 spiro atoms. The van der Waals surface area contributed by atoms with Gasteiger partial charge in [-0.05, 0) is 11.6 Å². The molecule has 1 aromatic rings. The third-order valence-corrected chi connectivity index (χ3v) is 4.16. The van der Waals surface area contributed by atoms with E-state index in [2.05, 4.69) is 6.07 Å². The van der Waals surface area contributed by atoms with Crippen LogP contribution >= 0.6 is 0 Å². The second-order valence-corrected chi connectivity index (χ2v) is 6.53. The Balaban J connectivity index is 2.22. The average Bonchev–Trinajstić information content (AvgIpc) is 2.69. The van der Waals surface area contributed by atoms with Gasteiger partial charge in [0.25, 0.3) is 0 Å². The van der Waals surface area contributed by atoms with Crippen LogP contribution in [0.5, 0.6) is 0 Å². The molecule has 1 atom stereocenters. The van der Waals surface area contributed by atoms with Crippen LogP contribution < -0.4 is 10.0 Å². The van der Waals surface area contributed by atoms with Gasteiger partial charge in [-0.3, -0.25) is 4.79 Å². The molecular weight excluding hydrogens is 278 g/mol. The zero-order chi connectivity index (χ0) is 14.8. The van der Waals surface area contributed by atoms with Gasteiger partial charge >= 0.3 is 0 Å². The van der Waals surface area contributed by atoms with Crippen LogP contribution in [0.4, 0.5) is 5.69 Å². The third kappa shape index (κ3) is 3.35. The minimum absolute atomic E-state index is 0.135. The van der Waals surface area contributed by atoms with Crippen LogP contribution in [0.2, 0.25) is 0 Å². The lowest BCUT2D eigenvalue weighted by Crippen LogP contribution is -2.28. The summed E-state index contributed by atoms with van der Waals surface area (Å²) in [7, 11) is -3.59. The molecule has 7 heteroatoms. The molecule has 0 aliphatic carbocycles. The Morgan fingerprint density at radius 3 is 2.75 bits per heavy atom. The van der Waals surface area contributed by atoms with Crippen molar-refractivity contribution in [3.63, 3.8) is 0 Å². The van der Waals surface area contributed by atoms with Crippen molar-refractivity contribution >= 4 is 21.6 Å². The number of para-hydroxylation sites is 1. The standard InChI is InChI=1S/C13H15N3O3S/c14-6-5-11-3-1-2-4-12(11)16-8-10(7-13(16)17)9-20(15,18)19/h1-4,10H,5,7-9H2,(H2,15,18,19). The predicted molar refractivity (Wildman–Crippen MR) is 74.2 cm³/mol. The van der Waals surface area contributed by atoms with E-state index in [1.165, 1.54) is 0 Å². The molecule has 1 saturated heterocycles. The number of nitriles is 1. The summed E-state index contributed by atoms with van der Waals surface area (Å²) in [5.74, 6) is -0.632. The maximum absolute atomic E-state index is 12.0. The minimum Gasteiger partial charge on any atom is -0.312 e. The SMILES string of the molecule is N#CCc1ccccc1N1CC(CS(N)(=O)=O)CC1=O. The summed E-state index contributed by atoms with van der Waals surface area (Å²) in [5, 5.41) is 13.8. The van der Waals surface area contributed by atoms with E-state index in [1.807, 2.05) is 0 Å². The van der Waals surface area contributed by atoms with Crippen molar-refractivity contribution in [3.05, 3.63) is 29.8 Å². The Bertz CT molecular complexity index is 664. The van der Waals surface area contributed by atoms with Gasteiger partial charge in [0, 0.05) is 24.6 Å². The van der Waals surface area contributed by atoms with E-state index in [-0.39, 0.29) is 30.4 Å². The summed E-state index contributed by atoms with van der Waals surface area (Å²) in [6, 6.07) is 9.21. The topological polar surface area (TPSA) is 104 Å². The van der Waals surface area contributed by atoms with Gasteiger partial charge < -0.3 is 4.90 Å². The monoisotopic (exact) mass is 293 g/mol. The van der Waals surface area contributed by atoms with Gasteiger partial charge in [0.1, 0.15) is 0 Å². The maximum Gasteiger partial charge on any atom is 0.227 e. The molecule has 0 aromatic heterocycles. The predicted octanol–water partition coefficient (Wildman–Crippen LogP) is 0.394. The quantitative estimate of drug-likeness (QED) is 0.867. The fraction of sp³-hybridized carbons (Fsp3) is 0.385. The number of benzene rings is 1. The third-order valence-electron chi connectivity index (χ3n) is 3.23. The maximum atomic E-state index is 12.0. The molecule has 1 amide bonds. The van der Waals surface area contributed by atoms with Crippen LogP contribution in [0.25, 0.3) is 0 Å². The molecule has 1 fully saturated rings. The number of sulfonamides is 1. The van der Waals surface area contributed by atoms with Crippen LogP contribution in [-0.4, -0.2) is 26.6 Å². The van der Waals surface area contributed by atoms with Crippen LogP contribution in [0, 0.1) is 17.2 Å². The number of carbonyl (C=O) groups excluding carboxylic acids is 1. The fourth-order valence-corrected chi connectivity index (χ4v) is 3.34. The van der Waals surface area contributed by atoms with Crippen LogP contribution in [0.3, 0.4) is 0 Å². The molecule has 6 nitrogen and oxygen atoms in total. The normalized spacial score (nSPS) is 19.1. The largest absolute Gasteiger partial charge is 0.312 e. The summed E-state index contributed by atoms with van der Waals surface area (Å²) in [5.41, 5.74) is 1.44. The highest BCUT2D eigenvalue weighted by Gasteiger charge is 2.33. The average molecular weight is 293 g/mol. The van der Waals surface area contributed by atoms with Gasteiger partial charge in [0.2, 0.25) is 15.9 Å². The van der Waals surface area contributed by atoms with E-state index >= 15 is 0 Å². The van der Waals surface area contributed by atoms with Gasteiger partial charge in [-0.1, -0.05) is 18.2 Å². The number of nitrogens with zero attached hydrogens (tertiary/aromatic N) is 2. The molecule has 1 aromatic carbocycles. The number of nitrogens with two attached hydrogens (primary N) is 1. The zero-order valence-corrected chi connectivity index (χ0v) is 11.6. The van der Waals surface area contributed by atoms with E-state index in [4.69, 9.17) is 10.4 Å². The number of amides is 1. The number of hydrogen-bond donors (Lipinski definition) is 1. The first-order valence-corrected chi connectivity index (χ1v) is 7.88.